The standard InChI is InChI=1S/C25H32O6/c1-8-9-14(26)19-15(27)11-16-17(20(19)28)13(10-12(2)3)18-21(29)24(4,5)23(30)25(6,7)22(18)31-16/h11-13,27-28H,8-10H2,1-7H3. The van der Waals surface area contributed by atoms with Gasteiger partial charge in [0.2, 0.25) is 0 Å². The Morgan fingerprint density at radius 1 is 1.13 bits per heavy atom. The quantitative estimate of drug-likeness (QED) is 0.502. The van der Waals surface area contributed by atoms with E-state index < -0.39 is 16.7 Å². The van der Waals surface area contributed by atoms with E-state index in [2.05, 4.69) is 0 Å². The summed E-state index contributed by atoms with van der Waals surface area (Å²) in [6, 6.07) is 1.32. The van der Waals surface area contributed by atoms with E-state index >= 15 is 0 Å². The fourth-order valence-electron chi connectivity index (χ4n) is 4.92. The monoisotopic (exact) mass is 428 g/mol. The molecule has 3 rings (SSSR count). The van der Waals surface area contributed by atoms with Crippen molar-refractivity contribution in [3.63, 3.8) is 0 Å². The van der Waals surface area contributed by atoms with Crippen LogP contribution < -0.4 is 4.74 Å². The molecule has 1 aliphatic heterocycles. The third-order valence-corrected chi connectivity index (χ3v) is 6.41. The first kappa shape index (κ1) is 23.0. The maximum absolute atomic E-state index is 13.5. The predicted molar refractivity (Wildman–Crippen MR) is 116 cm³/mol. The summed E-state index contributed by atoms with van der Waals surface area (Å²) in [6.07, 6.45) is 1.26. The van der Waals surface area contributed by atoms with E-state index in [1.54, 1.807) is 27.7 Å². The highest BCUT2D eigenvalue weighted by Gasteiger charge is 2.57. The Bertz CT molecular complexity index is 1010. The molecule has 6 nitrogen and oxygen atoms in total. The van der Waals surface area contributed by atoms with Crippen LogP contribution in [-0.4, -0.2) is 27.6 Å². The molecule has 1 aliphatic carbocycles. The molecule has 1 unspecified atom stereocenters. The largest absolute Gasteiger partial charge is 0.507 e. The number of allylic oxidation sites excluding steroid dienone is 2. The molecular weight excluding hydrogens is 396 g/mol. The molecule has 0 bridgehead atoms. The number of aromatic hydroxyl groups is 2. The number of Topliss-reactive ketones (excluding diaryl/α,β-unsaturated/α-hetero) is 3. The maximum Gasteiger partial charge on any atom is 0.175 e. The first-order chi connectivity index (χ1) is 14.3. The molecule has 2 N–H and O–H groups in total. The zero-order valence-corrected chi connectivity index (χ0v) is 19.4. The van der Waals surface area contributed by atoms with Crippen molar-refractivity contribution in [3.05, 3.63) is 28.5 Å². The van der Waals surface area contributed by atoms with E-state index in [1.807, 2.05) is 20.8 Å². The van der Waals surface area contributed by atoms with Crippen LogP contribution in [0.4, 0.5) is 0 Å². The van der Waals surface area contributed by atoms with Gasteiger partial charge in [0.25, 0.3) is 0 Å². The van der Waals surface area contributed by atoms with Gasteiger partial charge in [-0.1, -0.05) is 20.8 Å². The van der Waals surface area contributed by atoms with Crippen molar-refractivity contribution >= 4 is 17.3 Å². The van der Waals surface area contributed by atoms with Gasteiger partial charge in [-0.25, -0.2) is 0 Å². The lowest BCUT2D eigenvalue weighted by molar-refractivity contribution is -0.144. The Hall–Kier alpha value is -2.63. The minimum absolute atomic E-state index is 0.139. The smallest absolute Gasteiger partial charge is 0.175 e. The van der Waals surface area contributed by atoms with Crippen molar-refractivity contribution in [1.29, 1.82) is 0 Å². The van der Waals surface area contributed by atoms with Gasteiger partial charge < -0.3 is 14.9 Å². The van der Waals surface area contributed by atoms with Crippen LogP contribution in [0.25, 0.3) is 0 Å². The fraction of sp³-hybridized carbons (Fsp3) is 0.560. The Kier molecular flexibility index (Phi) is 5.58. The van der Waals surface area contributed by atoms with E-state index in [1.165, 1.54) is 6.07 Å². The average Bonchev–Trinajstić information content (AvgIpc) is 2.64. The van der Waals surface area contributed by atoms with Crippen LogP contribution in [0.2, 0.25) is 0 Å². The third-order valence-electron chi connectivity index (χ3n) is 6.41. The number of phenolic OH excluding ortho intramolecular Hbond substituents is 2. The molecule has 168 valence electrons. The van der Waals surface area contributed by atoms with Gasteiger partial charge in [-0.05, 0) is 46.5 Å². The van der Waals surface area contributed by atoms with Crippen LogP contribution in [0.5, 0.6) is 17.2 Å². The van der Waals surface area contributed by atoms with Gasteiger partial charge in [-0.15, -0.1) is 0 Å². The van der Waals surface area contributed by atoms with Gasteiger partial charge >= 0.3 is 0 Å². The van der Waals surface area contributed by atoms with Crippen LogP contribution in [0.15, 0.2) is 17.4 Å². The summed E-state index contributed by atoms with van der Waals surface area (Å²) >= 11 is 0. The lowest BCUT2D eigenvalue weighted by Crippen LogP contribution is -2.51. The molecule has 0 radical (unpaired) electrons. The molecule has 0 aromatic heterocycles. The zero-order valence-electron chi connectivity index (χ0n) is 19.4. The number of rotatable bonds is 5. The molecule has 1 atom stereocenters. The van der Waals surface area contributed by atoms with Crippen molar-refractivity contribution in [2.75, 3.05) is 0 Å². The number of carbonyl (C=O) groups is 3. The topological polar surface area (TPSA) is 101 Å². The number of fused-ring (bicyclic) bond motifs is 1. The van der Waals surface area contributed by atoms with Crippen molar-refractivity contribution in [3.8, 4) is 17.2 Å². The molecule has 2 aliphatic rings. The van der Waals surface area contributed by atoms with Gasteiger partial charge in [-0.2, -0.15) is 0 Å². The molecule has 6 heteroatoms. The highest BCUT2D eigenvalue weighted by molar-refractivity contribution is 6.20. The third kappa shape index (κ3) is 3.36. The zero-order chi connectivity index (χ0) is 23.5. The maximum atomic E-state index is 13.5. The number of hydrogen-bond acceptors (Lipinski definition) is 6. The molecular formula is C25H32O6. The number of ketones is 3. The normalized spacial score (nSPS) is 21.6. The molecule has 31 heavy (non-hydrogen) atoms. The fourth-order valence-corrected chi connectivity index (χ4v) is 4.92. The van der Waals surface area contributed by atoms with E-state index in [0.717, 1.165) is 0 Å². The number of phenols is 2. The summed E-state index contributed by atoms with van der Waals surface area (Å²) in [5.41, 5.74) is -1.71. The van der Waals surface area contributed by atoms with Crippen LogP contribution >= 0.6 is 0 Å². The Balaban J connectivity index is 2.34. The predicted octanol–water partition coefficient (Wildman–Crippen LogP) is 5.06. The number of hydrogen-bond donors (Lipinski definition) is 2. The van der Waals surface area contributed by atoms with E-state index in [-0.39, 0.29) is 58.3 Å². The van der Waals surface area contributed by atoms with Gasteiger partial charge in [0, 0.05) is 29.5 Å². The van der Waals surface area contributed by atoms with Gasteiger partial charge in [0.15, 0.2) is 17.3 Å². The van der Waals surface area contributed by atoms with E-state index in [0.29, 0.717) is 24.0 Å². The van der Waals surface area contributed by atoms with Crippen molar-refractivity contribution in [2.45, 2.75) is 73.6 Å². The summed E-state index contributed by atoms with van der Waals surface area (Å²) < 4.78 is 6.06. The number of benzene rings is 1. The number of ether oxygens (including phenoxy) is 1. The van der Waals surface area contributed by atoms with Crippen molar-refractivity contribution in [1.82, 2.24) is 0 Å². The summed E-state index contributed by atoms with van der Waals surface area (Å²) in [5.74, 6) is -1.58. The minimum Gasteiger partial charge on any atom is -0.507 e. The Morgan fingerprint density at radius 2 is 1.74 bits per heavy atom. The second-order valence-corrected chi connectivity index (χ2v) is 10.1. The van der Waals surface area contributed by atoms with Crippen LogP contribution in [-0.2, 0) is 9.59 Å². The van der Waals surface area contributed by atoms with Gasteiger partial charge in [-0.3, -0.25) is 14.4 Å². The molecule has 0 spiro atoms. The highest BCUT2D eigenvalue weighted by Crippen LogP contribution is 2.57. The summed E-state index contributed by atoms with van der Waals surface area (Å²) in [4.78, 5) is 39.3. The lowest BCUT2D eigenvalue weighted by atomic mass is 9.59. The molecule has 1 aromatic rings. The summed E-state index contributed by atoms with van der Waals surface area (Å²) in [5, 5.41) is 21.6. The highest BCUT2D eigenvalue weighted by atomic mass is 16.5. The van der Waals surface area contributed by atoms with E-state index in [4.69, 9.17) is 4.74 Å². The molecule has 0 saturated heterocycles. The lowest BCUT2D eigenvalue weighted by Gasteiger charge is -2.45. The Labute approximate surface area is 183 Å². The first-order valence-electron chi connectivity index (χ1n) is 10.9. The number of carbonyl (C=O) groups excluding carboxylic acids is 3. The van der Waals surface area contributed by atoms with Gasteiger partial charge in [0.1, 0.15) is 28.6 Å². The second-order valence-electron chi connectivity index (χ2n) is 10.1. The second kappa shape index (κ2) is 7.50. The average molecular weight is 429 g/mol. The first-order valence-corrected chi connectivity index (χ1v) is 10.9. The summed E-state index contributed by atoms with van der Waals surface area (Å²) in [7, 11) is 0. The molecule has 1 heterocycles. The molecule has 0 saturated carbocycles. The van der Waals surface area contributed by atoms with E-state index in [9.17, 15) is 24.6 Å². The van der Waals surface area contributed by atoms with Crippen molar-refractivity contribution in [2.24, 2.45) is 16.7 Å². The Morgan fingerprint density at radius 3 is 2.29 bits per heavy atom. The molecule has 0 amide bonds. The summed E-state index contributed by atoms with van der Waals surface area (Å²) in [6.45, 7) is 12.6. The molecule has 0 fully saturated rings. The van der Waals surface area contributed by atoms with Crippen LogP contribution in [0, 0.1) is 16.7 Å². The van der Waals surface area contributed by atoms with Crippen LogP contribution in [0.1, 0.15) is 89.6 Å². The SMILES string of the molecule is CCCC(=O)c1c(O)cc2c(c1O)C(CC(C)C)C1=C(O2)C(C)(C)C(=O)C(C)(C)C1=O. The van der Waals surface area contributed by atoms with Crippen molar-refractivity contribution < 1.29 is 29.3 Å². The van der Waals surface area contributed by atoms with Crippen LogP contribution in [0.3, 0.4) is 0 Å². The minimum atomic E-state index is -1.23. The molecule has 1 aromatic carbocycles. The van der Waals surface area contributed by atoms with Gasteiger partial charge in [0.05, 0.1) is 10.8 Å².